The Morgan fingerprint density at radius 3 is 3.11 bits per heavy atom. The predicted molar refractivity (Wildman–Crippen MR) is 72.6 cm³/mol. The zero-order valence-corrected chi connectivity index (χ0v) is 11.5. The first kappa shape index (κ1) is 12.6. The summed E-state index contributed by atoms with van der Waals surface area (Å²) in [6.45, 7) is 2.95. The van der Waals surface area contributed by atoms with Crippen LogP contribution < -0.4 is 4.90 Å². The van der Waals surface area contributed by atoms with E-state index in [0.29, 0.717) is 10.9 Å². The SMILES string of the molecule is Cc1c(Cl)nc2ncnn2c1N1CCCCC1CO. The summed E-state index contributed by atoms with van der Waals surface area (Å²) in [5.41, 5.74) is 0.875. The van der Waals surface area contributed by atoms with Crippen LogP contribution in [0.4, 0.5) is 5.82 Å². The Labute approximate surface area is 116 Å². The first-order chi connectivity index (χ1) is 9.22. The van der Waals surface area contributed by atoms with Gasteiger partial charge in [-0.3, -0.25) is 0 Å². The highest BCUT2D eigenvalue weighted by Gasteiger charge is 2.27. The highest BCUT2D eigenvalue weighted by atomic mass is 35.5. The predicted octanol–water partition coefficient (Wildman–Crippen LogP) is 1.44. The molecule has 1 saturated heterocycles. The second-order valence-corrected chi connectivity index (χ2v) is 5.21. The quantitative estimate of drug-likeness (QED) is 0.844. The minimum absolute atomic E-state index is 0.110. The van der Waals surface area contributed by atoms with Crippen LogP contribution in [0.5, 0.6) is 0 Å². The van der Waals surface area contributed by atoms with Crippen molar-refractivity contribution >= 4 is 23.2 Å². The van der Waals surface area contributed by atoms with Crippen molar-refractivity contribution in [1.29, 1.82) is 0 Å². The summed E-state index contributed by atoms with van der Waals surface area (Å²) in [7, 11) is 0. The largest absolute Gasteiger partial charge is 0.394 e. The van der Waals surface area contributed by atoms with E-state index in [4.69, 9.17) is 11.6 Å². The second kappa shape index (κ2) is 4.94. The van der Waals surface area contributed by atoms with Crippen LogP contribution in [0.3, 0.4) is 0 Å². The number of aliphatic hydroxyl groups is 1. The van der Waals surface area contributed by atoms with E-state index in [-0.39, 0.29) is 12.6 Å². The average Bonchev–Trinajstić information content (AvgIpc) is 2.88. The molecule has 6 nitrogen and oxygen atoms in total. The number of piperidine rings is 1. The fourth-order valence-electron chi connectivity index (χ4n) is 2.69. The molecule has 0 amide bonds. The highest BCUT2D eigenvalue weighted by molar-refractivity contribution is 6.30. The van der Waals surface area contributed by atoms with Gasteiger partial charge in [-0.2, -0.15) is 19.6 Å². The number of fused-ring (bicyclic) bond motifs is 1. The molecule has 3 rings (SSSR count). The molecule has 0 radical (unpaired) electrons. The van der Waals surface area contributed by atoms with Gasteiger partial charge in [-0.1, -0.05) is 11.6 Å². The molecule has 1 atom stereocenters. The number of rotatable bonds is 2. The molecule has 0 aromatic carbocycles. The van der Waals surface area contributed by atoms with Crippen LogP contribution in [0.15, 0.2) is 6.33 Å². The molecule has 19 heavy (non-hydrogen) atoms. The van der Waals surface area contributed by atoms with Crippen molar-refractivity contribution in [3.05, 3.63) is 17.0 Å². The van der Waals surface area contributed by atoms with Gasteiger partial charge in [-0.05, 0) is 26.2 Å². The normalized spacial score (nSPS) is 20.2. The van der Waals surface area contributed by atoms with Gasteiger partial charge in [-0.15, -0.1) is 0 Å². The molecule has 3 heterocycles. The lowest BCUT2D eigenvalue weighted by Gasteiger charge is -2.37. The number of nitrogens with zero attached hydrogens (tertiary/aromatic N) is 5. The van der Waals surface area contributed by atoms with Crippen LogP contribution >= 0.6 is 11.6 Å². The van der Waals surface area contributed by atoms with E-state index in [9.17, 15) is 5.11 Å². The molecule has 0 bridgehead atoms. The zero-order valence-electron chi connectivity index (χ0n) is 10.8. The van der Waals surface area contributed by atoms with Crippen LogP contribution in [0, 0.1) is 6.92 Å². The Morgan fingerprint density at radius 2 is 2.32 bits per heavy atom. The van der Waals surface area contributed by atoms with Crippen molar-refractivity contribution in [2.75, 3.05) is 18.1 Å². The van der Waals surface area contributed by atoms with Crippen molar-refractivity contribution < 1.29 is 5.11 Å². The molecule has 1 fully saturated rings. The average molecular weight is 282 g/mol. The molecule has 1 unspecified atom stereocenters. The van der Waals surface area contributed by atoms with Crippen molar-refractivity contribution in [1.82, 2.24) is 19.6 Å². The standard InChI is InChI=1S/C12H16ClN5O/c1-8-10(13)16-12-14-7-15-18(12)11(8)17-5-3-2-4-9(17)6-19/h7,9,19H,2-6H2,1H3. The lowest BCUT2D eigenvalue weighted by atomic mass is 10.0. The third kappa shape index (κ3) is 2.04. The van der Waals surface area contributed by atoms with E-state index < -0.39 is 0 Å². The summed E-state index contributed by atoms with van der Waals surface area (Å²) in [5.74, 6) is 1.39. The van der Waals surface area contributed by atoms with E-state index in [1.165, 1.54) is 6.33 Å². The third-order valence-corrected chi connectivity index (χ3v) is 4.05. The molecule has 2 aromatic rings. The number of halogens is 1. The van der Waals surface area contributed by atoms with Crippen molar-refractivity contribution in [2.24, 2.45) is 0 Å². The molecular formula is C12H16ClN5O. The summed E-state index contributed by atoms with van der Waals surface area (Å²) in [6.07, 6.45) is 4.69. The minimum atomic E-state index is 0.110. The van der Waals surface area contributed by atoms with Gasteiger partial charge in [0.25, 0.3) is 5.78 Å². The fourth-order valence-corrected chi connectivity index (χ4v) is 2.85. The summed E-state index contributed by atoms with van der Waals surface area (Å²) >= 11 is 6.18. The number of hydrogen-bond acceptors (Lipinski definition) is 5. The van der Waals surface area contributed by atoms with Crippen LogP contribution in [0.1, 0.15) is 24.8 Å². The van der Waals surface area contributed by atoms with Gasteiger partial charge < -0.3 is 10.0 Å². The van der Waals surface area contributed by atoms with Gasteiger partial charge in [0.1, 0.15) is 17.3 Å². The lowest BCUT2D eigenvalue weighted by molar-refractivity contribution is 0.239. The van der Waals surface area contributed by atoms with Crippen LogP contribution in [-0.2, 0) is 0 Å². The Kier molecular flexibility index (Phi) is 3.28. The number of aliphatic hydroxyl groups excluding tert-OH is 1. The maximum absolute atomic E-state index is 9.57. The minimum Gasteiger partial charge on any atom is -0.394 e. The molecule has 2 aromatic heterocycles. The molecule has 1 N–H and O–H groups in total. The molecular weight excluding hydrogens is 266 g/mol. The summed E-state index contributed by atoms with van der Waals surface area (Å²) in [6, 6.07) is 0.110. The third-order valence-electron chi connectivity index (χ3n) is 3.68. The van der Waals surface area contributed by atoms with Gasteiger partial charge in [-0.25, -0.2) is 0 Å². The van der Waals surface area contributed by atoms with Gasteiger partial charge in [0.2, 0.25) is 0 Å². The van der Waals surface area contributed by atoms with E-state index >= 15 is 0 Å². The van der Waals surface area contributed by atoms with E-state index in [2.05, 4.69) is 20.0 Å². The van der Waals surface area contributed by atoms with Gasteiger partial charge in [0.05, 0.1) is 12.6 Å². The lowest BCUT2D eigenvalue weighted by Crippen LogP contribution is -2.43. The number of anilines is 1. The molecule has 0 aliphatic carbocycles. The Bertz CT molecular complexity index is 599. The highest BCUT2D eigenvalue weighted by Crippen LogP contribution is 2.30. The van der Waals surface area contributed by atoms with Crippen molar-refractivity contribution in [3.63, 3.8) is 0 Å². The van der Waals surface area contributed by atoms with Gasteiger partial charge in [0.15, 0.2) is 0 Å². The van der Waals surface area contributed by atoms with Gasteiger partial charge in [0, 0.05) is 12.1 Å². The zero-order chi connectivity index (χ0) is 13.4. The van der Waals surface area contributed by atoms with E-state index in [0.717, 1.165) is 37.2 Å². The summed E-state index contributed by atoms with van der Waals surface area (Å²) < 4.78 is 1.70. The maximum atomic E-state index is 9.57. The van der Waals surface area contributed by atoms with E-state index in [1.807, 2.05) is 6.92 Å². The molecule has 1 aliphatic rings. The molecule has 0 spiro atoms. The molecule has 7 heteroatoms. The molecule has 102 valence electrons. The first-order valence-electron chi connectivity index (χ1n) is 6.45. The second-order valence-electron chi connectivity index (χ2n) is 4.85. The monoisotopic (exact) mass is 281 g/mol. The van der Waals surface area contributed by atoms with Crippen LogP contribution in [0.2, 0.25) is 5.15 Å². The van der Waals surface area contributed by atoms with Crippen LogP contribution in [0.25, 0.3) is 5.78 Å². The fraction of sp³-hybridized carbons (Fsp3) is 0.583. The Balaban J connectivity index is 2.17. The number of aromatic nitrogens is 4. The van der Waals surface area contributed by atoms with Gasteiger partial charge >= 0.3 is 0 Å². The van der Waals surface area contributed by atoms with Crippen molar-refractivity contribution in [3.8, 4) is 0 Å². The summed E-state index contributed by atoms with van der Waals surface area (Å²) in [4.78, 5) is 10.5. The Hall–Kier alpha value is -1.40. The summed E-state index contributed by atoms with van der Waals surface area (Å²) in [5, 5.41) is 14.2. The topological polar surface area (TPSA) is 66.5 Å². The number of hydrogen-bond donors (Lipinski definition) is 1. The molecule has 1 aliphatic heterocycles. The maximum Gasteiger partial charge on any atom is 0.255 e. The smallest absolute Gasteiger partial charge is 0.255 e. The first-order valence-corrected chi connectivity index (χ1v) is 6.83. The molecule has 0 saturated carbocycles. The van der Waals surface area contributed by atoms with Crippen LogP contribution in [-0.4, -0.2) is 43.9 Å². The van der Waals surface area contributed by atoms with E-state index in [1.54, 1.807) is 4.52 Å². The van der Waals surface area contributed by atoms with Crippen molar-refractivity contribution in [2.45, 2.75) is 32.2 Å². The Morgan fingerprint density at radius 1 is 1.47 bits per heavy atom.